The first-order valence-corrected chi connectivity index (χ1v) is 5.95. The maximum Gasteiger partial charge on any atom is 0.121 e. The first-order chi connectivity index (χ1) is 7.15. The molecule has 1 fully saturated rings. The normalized spacial score (nSPS) is 26.8. The Bertz CT molecular complexity index is 322. The minimum atomic E-state index is 0.780. The second-order valence-corrected chi connectivity index (χ2v) is 5.02. The zero-order valence-corrected chi connectivity index (χ0v) is 9.74. The van der Waals surface area contributed by atoms with Crippen molar-refractivity contribution in [2.45, 2.75) is 46.1 Å². The van der Waals surface area contributed by atoms with E-state index in [2.05, 4.69) is 12.0 Å². The molecule has 1 heterocycles. The molecule has 0 spiro atoms. The molecule has 0 radical (unpaired) electrons. The average molecular weight is 207 g/mol. The highest BCUT2D eigenvalue weighted by Gasteiger charge is 2.19. The number of aryl methyl sites for hydroxylation is 1. The standard InChI is InChI=1S/C12H21N3/c1-9-3-5-11(6-4-9)8-15-12(13)7-10(2)14-15/h7,9,11H,3-6,8,13H2,1-2H3. The number of nitrogen functional groups attached to an aromatic ring is 1. The fraction of sp³-hybridized carbons (Fsp3) is 0.750. The Morgan fingerprint density at radius 1 is 1.40 bits per heavy atom. The molecule has 0 unspecified atom stereocenters. The van der Waals surface area contributed by atoms with E-state index in [0.717, 1.165) is 29.9 Å². The van der Waals surface area contributed by atoms with E-state index < -0.39 is 0 Å². The van der Waals surface area contributed by atoms with Crippen LogP contribution in [0.2, 0.25) is 0 Å². The third kappa shape index (κ3) is 2.52. The van der Waals surface area contributed by atoms with Crippen molar-refractivity contribution in [1.29, 1.82) is 0 Å². The van der Waals surface area contributed by atoms with Crippen molar-refractivity contribution in [3.05, 3.63) is 11.8 Å². The summed E-state index contributed by atoms with van der Waals surface area (Å²) in [5.41, 5.74) is 6.91. The maximum atomic E-state index is 5.89. The van der Waals surface area contributed by atoms with Crippen LogP contribution in [0.4, 0.5) is 5.82 Å². The number of rotatable bonds is 2. The molecule has 3 nitrogen and oxygen atoms in total. The first kappa shape index (κ1) is 10.5. The number of aromatic nitrogens is 2. The first-order valence-electron chi connectivity index (χ1n) is 5.95. The molecule has 0 aliphatic heterocycles. The largest absolute Gasteiger partial charge is 0.384 e. The van der Waals surface area contributed by atoms with Crippen LogP contribution in [0.15, 0.2) is 6.07 Å². The molecule has 84 valence electrons. The van der Waals surface area contributed by atoms with E-state index in [9.17, 15) is 0 Å². The Labute approximate surface area is 91.7 Å². The van der Waals surface area contributed by atoms with Gasteiger partial charge in [-0.2, -0.15) is 5.10 Å². The van der Waals surface area contributed by atoms with Gasteiger partial charge in [0.25, 0.3) is 0 Å². The lowest BCUT2D eigenvalue weighted by Gasteiger charge is -2.26. The molecule has 15 heavy (non-hydrogen) atoms. The van der Waals surface area contributed by atoms with Gasteiger partial charge >= 0.3 is 0 Å². The van der Waals surface area contributed by atoms with Gasteiger partial charge in [-0.05, 0) is 31.6 Å². The lowest BCUT2D eigenvalue weighted by Crippen LogP contribution is -2.19. The summed E-state index contributed by atoms with van der Waals surface area (Å²) in [7, 11) is 0. The quantitative estimate of drug-likeness (QED) is 0.810. The maximum absolute atomic E-state index is 5.89. The fourth-order valence-corrected chi connectivity index (χ4v) is 2.47. The molecule has 0 bridgehead atoms. The van der Waals surface area contributed by atoms with E-state index in [4.69, 9.17) is 5.73 Å². The van der Waals surface area contributed by atoms with Crippen molar-refractivity contribution in [3.8, 4) is 0 Å². The summed E-state index contributed by atoms with van der Waals surface area (Å²) in [6, 6.07) is 1.95. The van der Waals surface area contributed by atoms with E-state index in [-0.39, 0.29) is 0 Å². The highest BCUT2D eigenvalue weighted by atomic mass is 15.3. The SMILES string of the molecule is Cc1cc(N)n(CC2CCC(C)CC2)n1. The zero-order chi connectivity index (χ0) is 10.8. The third-order valence-corrected chi connectivity index (χ3v) is 3.50. The van der Waals surface area contributed by atoms with Crippen molar-refractivity contribution < 1.29 is 0 Å². The van der Waals surface area contributed by atoms with E-state index in [1.54, 1.807) is 0 Å². The zero-order valence-electron chi connectivity index (χ0n) is 9.74. The molecule has 2 rings (SSSR count). The highest BCUT2D eigenvalue weighted by Crippen LogP contribution is 2.29. The minimum Gasteiger partial charge on any atom is -0.384 e. The molecule has 1 aromatic heterocycles. The molecule has 2 N–H and O–H groups in total. The molecule has 0 saturated heterocycles. The summed E-state index contributed by atoms with van der Waals surface area (Å²) < 4.78 is 1.97. The van der Waals surface area contributed by atoms with Crippen LogP contribution >= 0.6 is 0 Å². The molecule has 1 aliphatic carbocycles. The van der Waals surface area contributed by atoms with Gasteiger partial charge in [-0.3, -0.25) is 0 Å². The van der Waals surface area contributed by atoms with Crippen LogP contribution in [-0.2, 0) is 6.54 Å². The predicted molar refractivity (Wildman–Crippen MR) is 62.5 cm³/mol. The fourth-order valence-electron chi connectivity index (χ4n) is 2.47. The Morgan fingerprint density at radius 2 is 2.07 bits per heavy atom. The number of hydrogen-bond donors (Lipinski definition) is 1. The topological polar surface area (TPSA) is 43.8 Å². The minimum absolute atomic E-state index is 0.780. The predicted octanol–water partition coefficient (Wildman–Crippen LogP) is 2.60. The lowest BCUT2D eigenvalue weighted by molar-refractivity contribution is 0.259. The van der Waals surface area contributed by atoms with Crippen LogP contribution in [-0.4, -0.2) is 9.78 Å². The van der Waals surface area contributed by atoms with E-state index in [0.29, 0.717) is 0 Å². The van der Waals surface area contributed by atoms with Crippen LogP contribution < -0.4 is 5.73 Å². The van der Waals surface area contributed by atoms with Gasteiger partial charge in [-0.15, -0.1) is 0 Å². The van der Waals surface area contributed by atoms with Crippen LogP contribution in [0.5, 0.6) is 0 Å². The Balaban J connectivity index is 1.94. The van der Waals surface area contributed by atoms with Crippen LogP contribution in [0.3, 0.4) is 0 Å². The number of nitrogens with two attached hydrogens (primary N) is 1. The number of anilines is 1. The molecule has 0 amide bonds. The van der Waals surface area contributed by atoms with Gasteiger partial charge in [0.15, 0.2) is 0 Å². The van der Waals surface area contributed by atoms with E-state index in [1.807, 2.05) is 17.7 Å². The van der Waals surface area contributed by atoms with Crippen LogP contribution in [0.1, 0.15) is 38.3 Å². The molecule has 0 aromatic carbocycles. The Morgan fingerprint density at radius 3 is 2.60 bits per heavy atom. The van der Waals surface area contributed by atoms with Gasteiger partial charge in [-0.25, -0.2) is 4.68 Å². The Hall–Kier alpha value is -0.990. The third-order valence-electron chi connectivity index (χ3n) is 3.50. The molecule has 1 aromatic rings. The van der Waals surface area contributed by atoms with Gasteiger partial charge < -0.3 is 5.73 Å². The van der Waals surface area contributed by atoms with Crippen molar-refractivity contribution in [2.24, 2.45) is 11.8 Å². The average Bonchev–Trinajstić information content (AvgIpc) is 2.49. The molecular weight excluding hydrogens is 186 g/mol. The van der Waals surface area contributed by atoms with Crippen molar-refractivity contribution in [1.82, 2.24) is 9.78 Å². The van der Waals surface area contributed by atoms with Gasteiger partial charge in [0.05, 0.1) is 5.69 Å². The van der Waals surface area contributed by atoms with Crippen molar-refractivity contribution >= 4 is 5.82 Å². The van der Waals surface area contributed by atoms with Crippen molar-refractivity contribution in [3.63, 3.8) is 0 Å². The number of hydrogen-bond acceptors (Lipinski definition) is 2. The summed E-state index contributed by atoms with van der Waals surface area (Å²) in [5.74, 6) is 2.51. The number of nitrogens with zero attached hydrogens (tertiary/aromatic N) is 2. The molecule has 1 saturated carbocycles. The molecule has 0 atom stereocenters. The van der Waals surface area contributed by atoms with Crippen LogP contribution in [0, 0.1) is 18.8 Å². The van der Waals surface area contributed by atoms with Gasteiger partial charge in [-0.1, -0.05) is 19.8 Å². The Kier molecular flexibility index (Phi) is 2.98. The second kappa shape index (κ2) is 4.25. The molecular formula is C12H21N3. The second-order valence-electron chi connectivity index (χ2n) is 5.02. The summed E-state index contributed by atoms with van der Waals surface area (Å²) in [6.07, 6.45) is 5.40. The van der Waals surface area contributed by atoms with Crippen LogP contribution in [0.25, 0.3) is 0 Å². The van der Waals surface area contributed by atoms with E-state index >= 15 is 0 Å². The van der Waals surface area contributed by atoms with E-state index in [1.165, 1.54) is 25.7 Å². The summed E-state index contributed by atoms with van der Waals surface area (Å²) in [6.45, 7) is 5.35. The summed E-state index contributed by atoms with van der Waals surface area (Å²) >= 11 is 0. The summed E-state index contributed by atoms with van der Waals surface area (Å²) in [4.78, 5) is 0. The monoisotopic (exact) mass is 207 g/mol. The van der Waals surface area contributed by atoms with Gasteiger partial charge in [0.1, 0.15) is 5.82 Å². The lowest BCUT2D eigenvalue weighted by atomic mass is 9.83. The molecule has 1 aliphatic rings. The molecule has 3 heteroatoms. The van der Waals surface area contributed by atoms with Gasteiger partial charge in [0, 0.05) is 12.6 Å². The van der Waals surface area contributed by atoms with Gasteiger partial charge in [0.2, 0.25) is 0 Å². The van der Waals surface area contributed by atoms with Crippen molar-refractivity contribution in [2.75, 3.05) is 5.73 Å². The smallest absolute Gasteiger partial charge is 0.121 e. The summed E-state index contributed by atoms with van der Waals surface area (Å²) in [5, 5.41) is 4.42. The highest BCUT2D eigenvalue weighted by molar-refractivity contribution is 5.30.